The molecule has 1 atom stereocenters. The Labute approximate surface area is 228 Å². The van der Waals surface area contributed by atoms with Gasteiger partial charge in [0.15, 0.2) is 5.69 Å². The second kappa shape index (κ2) is 12.0. The molecule has 0 aliphatic carbocycles. The number of aromatic nitrogens is 2. The van der Waals surface area contributed by atoms with E-state index in [1.807, 2.05) is 62.4 Å². The first kappa shape index (κ1) is 27.7. The van der Waals surface area contributed by atoms with Gasteiger partial charge in [-0.15, -0.1) is 0 Å². The van der Waals surface area contributed by atoms with Gasteiger partial charge in [-0.1, -0.05) is 37.3 Å². The van der Waals surface area contributed by atoms with Gasteiger partial charge in [0.2, 0.25) is 5.91 Å². The molecule has 1 aliphatic rings. The Hall–Kier alpha value is -4.34. The monoisotopic (exact) mass is 533 g/mol. The van der Waals surface area contributed by atoms with Crippen LogP contribution < -0.4 is 20.1 Å². The van der Waals surface area contributed by atoms with E-state index in [0.717, 1.165) is 16.9 Å². The predicted molar refractivity (Wildman–Crippen MR) is 146 cm³/mol. The summed E-state index contributed by atoms with van der Waals surface area (Å²) >= 11 is 0. The van der Waals surface area contributed by atoms with E-state index in [0.29, 0.717) is 31.9 Å². The number of carbonyl (C=O) groups excluding carboxylic acids is 3. The molecule has 10 nitrogen and oxygen atoms in total. The Bertz CT molecular complexity index is 1340. The first-order valence-electron chi connectivity index (χ1n) is 13.1. The van der Waals surface area contributed by atoms with Gasteiger partial charge in [-0.3, -0.25) is 14.4 Å². The van der Waals surface area contributed by atoms with Crippen LogP contribution in [0.3, 0.4) is 0 Å². The molecule has 0 radical (unpaired) electrons. The van der Waals surface area contributed by atoms with E-state index in [-0.39, 0.29) is 30.4 Å². The minimum Gasteiger partial charge on any atom is -0.497 e. The van der Waals surface area contributed by atoms with Crippen molar-refractivity contribution in [3.05, 3.63) is 77.4 Å². The number of nitrogens with zero attached hydrogens (tertiary/aromatic N) is 3. The fourth-order valence-electron chi connectivity index (χ4n) is 4.75. The molecule has 1 aromatic heterocycles. The first-order chi connectivity index (χ1) is 18.8. The molecule has 206 valence electrons. The molecule has 0 fully saturated rings. The van der Waals surface area contributed by atoms with Crippen molar-refractivity contribution in [1.82, 2.24) is 25.1 Å². The summed E-state index contributed by atoms with van der Waals surface area (Å²) in [5, 5.41) is 5.83. The van der Waals surface area contributed by atoms with Gasteiger partial charge in [0.05, 0.1) is 26.6 Å². The van der Waals surface area contributed by atoms with Crippen molar-refractivity contribution in [2.75, 3.05) is 20.3 Å². The molecular weight excluding hydrogens is 498 g/mol. The fourth-order valence-corrected chi connectivity index (χ4v) is 4.75. The summed E-state index contributed by atoms with van der Waals surface area (Å²) in [5.74, 6) is 0.275. The van der Waals surface area contributed by atoms with Crippen LogP contribution in [0.15, 0.2) is 54.9 Å². The number of carbonyl (C=O) groups is 3. The lowest BCUT2D eigenvalue weighted by Gasteiger charge is -2.43. The van der Waals surface area contributed by atoms with Crippen LogP contribution >= 0.6 is 0 Å². The molecule has 2 N–H and O–H groups in total. The number of fused-ring (bicyclic) bond motifs is 1. The fraction of sp³-hybridized carbons (Fsp3) is 0.379. The minimum absolute atomic E-state index is 0.0377. The lowest BCUT2D eigenvalue weighted by molar-refractivity contribution is -0.133. The normalized spacial score (nSPS) is 16.4. The number of nitrogens with one attached hydrogen (secondary N) is 2. The van der Waals surface area contributed by atoms with Gasteiger partial charge in [0.25, 0.3) is 11.8 Å². The second-order valence-corrected chi connectivity index (χ2v) is 9.55. The number of hydrogen-bond acceptors (Lipinski definition) is 6. The van der Waals surface area contributed by atoms with Crippen molar-refractivity contribution >= 4 is 17.7 Å². The van der Waals surface area contributed by atoms with Gasteiger partial charge in [-0.05, 0) is 44.0 Å². The lowest BCUT2D eigenvalue weighted by Crippen LogP contribution is -2.64. The van der Waals surface area contributed by atoms with Crippen LogP contribution in [0.1, 0.15) is 59.3 Å². The van der Waals surface area contributed by atoms with E-state index in [1.54, 1.807) is 23.5 Å². The Morgan fingerprint density at radius 1 is 1.05 bits per heavy atom. The number of para-hydroxylation sites is 1. The summed E-state index contributed by atoms with van der Waals surface area (Å²) in [6.07, 6.45) is 2.10. The van der Waals surface area contributed by atoms with Crippen molar-refractivity contribution in [3.63, 3.8) is 0 Å². The number of hydrogen-bond donors (Lipinski definition) is 2. The minimum atomic E-state index is -1.16. The van der Waals surface area contributed by atoms with Crippen LogP contribution in [0.5, 0.6) is 11.5 Å². The Kier molecular flexibility index (Phi) is 8.53. The van der Waals surface area contributed by atoms with Crippen LogP contribution in [-0.4, -0.2) is 58.0 Å². The van der Waals surface area contributed by atoms with Gasteiger partial charge >= 0.3 is 0 Å². The molecule has 0 bridgehead atoms. The van der Waals surface area contributed by atoms with Crippen molar-refractivity contribution in [2.24, 2.45) is 0 Å². The summed E-state index contributed by atoms with van der Waals surface area (Å²) in [4.78, 5) is 46.2. The number of amides is 3. The smallest absolute Gasteiger partial charge is 0.273 e. The van der Waals surface area contributed by atoms with Crippen LogP contribution in [0.4, 0.5) is 0 Å². The lowest BCUT2D eigenvalue weighted by atomic mass is 9.93. The zero-order valence-corrected chi connectivity index (χ0v) is 22.8. The SMILES string of the molecule is CCCN1C(=O)c2c(C(=O)NCc3ccccc3OCC)ncn2C[C@]1(C)C(=O)NCc1ccc(OC)cc1. The highest BCUT2D eigenvalue weighted by molar-refractivity contribution is 6.07. The molecule has 2 heterocycles. The molecule has 4 rings (SSSR count). The first-order valence-corrected chi connectivity index (χ1v) is 13.1. The highest BCUT2D eigenvalue weighted by atomic mass is 16.5. The topological polar surface area (TPSA) is 115 Å². The summed E-state index contributed by atoms with van der Waals surface area (Å²) in [7, 11) is 1.60. The van der Waals surface area contributed by atoms with Crippen molar-refractivity contribution in [1.29, 1.82) is 0 Å². The molecule has 3 amide bonds. The predicted octanol–water partition coefficient (Wildman–Crippen LogP) is 3.16. The van der Waals surface area contributed by atoms with Crippen molar-refractivity contribution in [2.45, 2.75) is 52.4 Å². The molecule has 10 heteroatoms. The van der Waals surface area contributed by atoms with Gasteiger partial charge in [0.1, 0.15) is 22.7 Å². The average Bonchev–Trinajstić information content (AvgIpc) is 3.37. The van der Waals surface area contributed by atoms with E-state index in [4.69, 9.17) is 9.47 Å². The third-order valence-corrected chi connectivity index (χ3v) is 6.83. The molecule has 3 aromatic rings. The number of benzene rings is 2. The third kappa shape index (κ3) is 5.74. The van der Waals surface area contributed by atoms with Crippen LogP contribution in [0, 0.1) is 0 Å². The van der Waals surface area contributed by atoms with Crippen molar-refractivity contribution in [3.8, 4) is 11.5 Å². The zero-order valence-electron chi connectivity index (χ0n) is 22.8. The molecule has 0 saturated carbocycles. The summed E-state index contributed by atoms with van der Waals surface area (Å²) < 4.78 is 12.4. The van der Waals surface area contributed by atoms with E-state index >= 15 is 0 Å². The third-order valence-electron chi connectivity index (χ3n) is 6.83. The molecule has 0 spiro atoms. The zero-order chi connectivity index (χ0) is 28.0. The molecule has 0 unspecified atom stereocenters. The van der Waals surface area contributed by atoms with Gasteiger partial charge in [0, 0.05) is 25.2 Å². The average molecular weight is 534 g/mol. The molecule has 2 aromatic carbocycles. The quantitative estimate of drug-likeness (QED) is 0.391. The number of rotatable bonds is 11. The Balaban J connectivity index is 1.52. The highest BCUT2D eigenvalue weighted by Gasteiger charge is 2.48. The van der Waals surface area contributed by atoms with E-state index in [2.05, 4.69) is 15.6 Å². The summed E-state index contributed by atoms with van der Waals surface area (Å²) in [6.45, 7) is 7.16. The Morgan fingerprint density at radius 3 is 2.49 bits per heavy atom. The summed E-state index contributed by atoms with van der Waals surface area (Å²) in [6, 6.07) is 14.9. The van der Waals surface area contributed by atoms with Gasteiger partial charge in [-0.2, -0.15) is 0 Å². The molecule has 0 saturated heterocycles. The maximum atomic E-state index is 13.7. The Morgan fingerprint density at radius 2 is 1.79 bits per heavy atom. The number of methoxy groups -OCH3 is 1. The van der Waals surface area contributed by atoms with Crippen LogP contribution in [0.2, 0.25) is 0 Å². The number of imidazole rings is 1. The van der Waals surface area contributed by atoms with Crippen LogP contribution in [0.25, 0.3) is 0 Å². The highest BCUT2D eigenvalue weighted by Crippen LogP contribution is 2.29. The standard InChI is InChI=1S/C29H35N5O5/c1-5-15-34-27(36)25-24(26(35)30-17-21-9-7-8-10-23(21)39-6-2)32-19-33(25)18-29(34,3)28(37)31-16-20-11-13-22(38-4)14-12-20/h7-14,19H,5-6,15-18H2,1-4H3,(H,30,35)(H,31,37)/t29-/m1/s1. The van der Waals surface area contributed by atoms with Gasteiger partial charge in [-0.25, -0.2) is 4.98 Å². The van der Waals surface area contributed by atoms with E-state index in [1.165, 1.54) is 6.33 Å². The largest absolute Gasteiger partial charge is 0.497 e. The molecular formula is C29H35N5O5. The van der Waals surface area contributed by atoms with E-state index < -0.39 is 17.4 Å². The maximum Gasteiger partial charge on any atom is 0.273 e. The maximum absolute atomic E-state index is 13.7. The van der Waals surface area contributed by atoms with Crippen molar-refractivity contribution < 1.29 is 23.9 Å². The van der Waals surface area contributed by atoms with Crippen LogP contribution in [-0.2, 0) is 24.4 Å². The number of ether oxygens (including phenoxy) is 2. The van der Waals surface area contributed by atoms with E-state index in [9.17, 15) is 14.4 Å². The molecule has 1 aliphatic heterocycles. The summed E-state index contributed by atoms with van der Waals surface area (Å²) in [5.41, 5.74) is 0.790. The molecule has 39 heavy (non-hydrogen) atoms. The second-order valence-electron chi connectivity index (χ2n) is 9.55. The van der Waals surface area contributed by atoms with Gasteiger partial charge < -0.3 is 29.6 Å².